The van der Waals surface area contributed by atoms with Crippen LogP contribution in [0.2, 0.25) is 0 Å². The molecule has 6 aromatic carbocycles. The van der Waals surface area contributed by atoms with Crippen molar-refractivity contribution in [2.75, 3.05) is 4.90 Å². The molecule has 0 heterocycles. The Balaban J connectivity index is 1.47. The van der Waals surface area contributed by atoms with Gasteiger partial charge in [0.15, 0.2) is 0 Å². The quantitative estimate of drug-likeness (QED) is 0.221. The zero-order valence-electron chi connectivity index (χ0n) is 24.1. The molecule has 1 nitrogen and oxygen atoms in total. The van der Waals surface area contributed by atoms with Crippen LogP contribution in [0, 0.1) is 0 Å². The number of nitrogens with zero attached hydrogens (tertiary/aromatic N) is 1. The third-order valence-electron chi connectivity index (χ3n) is 9.63. The molecule has 0 bridgehead atoms. The molecule has 0 saturated carbocycles. The lowest BCUT2D eigenvalue weighted by Gasteiger charge is -2.31. The number of rotatable bonds is 3. The van der Waals surface area contributed by atoms with Crippen LogP contribution in [-0.4, -0.2) is 0 Å². The van der Waals surface area contributed by atoms with Crippen LogP contribution in [0.3, 0.4) is 0 Å². The fraction of sp³-hybridized carbons (Fsp3) is 0.150. The number of benzene rings is 6. The van der Waals surface area contributed by atoms with Crippen molar-refractivity contribution in [1.82, 2.24) is 0 Å². The largest absolute Gasteiger partial charge is 0.309 e. The molecule has 0 amide bonds. The molecule has 198 valence electrons. The molecule has 0 atom stereocenters. The molecule has 0 spiro atoms. The SMILES string of the molecule is CC1(C)c2ccccc2-c2ccc(N(c3ccccc3)c3c4c(cc5ccccc35)C(C)(C)c3ccccc3-4)cc21. The number of anilines is 3. The van der Waals surface area contributed by atoms with E-state index in [1.54, 1.807) is 0 Å². The third kappa shape index (κ3) is 3.29. The third-order valence-corrected chi connectivity index (χ3v) is 9.63. The van der Waals surface area contributed by atoms with Gasteiger partial charge in [-0.1, -0.05) is 125 Å². The molecule has 0 radical (unpaired) electrons. The summed E-state index contributed by atoms with van der Waals surface area (Å²) in [7, 11) is 0. The Labute approximate surface area is 242 Å². The van der Waals surface area contributed by atoms with E-state index in [-0.39, 0.29) is 10.8 Å². The number of para-hydroxylation sites is 1. The minimum Gasteiger partial charge on any atom is -0.309 e. The fourth-order valence-electron chi connectivity index (χ4n) is 7.53. The summed E-state index contributed by atoms with van der Waals surface area (Å²) in [6, 6.07) is 47.2. The molecule has 0 fully saturated rings. The van der Waals surface area contributed by atoms with Gasteiger partial charge < -0.3 is 4.90 Å². The molecule has 0 saturated heterocycles. The Bertz CT molecular complexity index is 1990. The summed E-state index contributed by atoms with van der Waals surface area (Å²) in [6.45, 7) is 9.47. The molecule has 0 N–H and O–H groups in total. The van der Waals surface area contributed by atoms with Crippen LogP contribution in [0.1, 0.15) is 49.9 Å². The first-order chi connectivity index (χ1) is 19.9. The lowest BCUT2D eigenvalue weighted by Crippen LogP contribution is -2.18. The van der Waals surface area contributed by atoms with Crippen molar-refractivity contribution in [3.8, 4) is 22.3 Å². The van der Waals surface area contributed by atoms with Crippen molar-refractivity contribution in [3.05, 3.63) is 150 Å². The van der Waals surface area contributed by atoms with Gasteiger partial charge in [-0.25, -0.2) is 0 Å². The van der Waals surface area contributed by atoms with Crippen LogP contribution in [0.15, 0.2) is 127 Å². The van der Waals surface area contributed by atoms with E-state index in [1.807, 2.05) is 0 Å². The molecular formula is C40H33N. The Morgan fingerprint density at radius 1 is 0.439 bits per heavy atom. The maximum atomic E-state index is 2.51. The van der Waals surface area contributed by atoms with Gasteiger partial charge in [0, 0.05) is 33.2 Å². The minimum absolute atomic E-state index is 0.0699. The van der Waals surface area contributed by atoms with Crippen molar-refractivity contribution in [2.45, 2.75) is 38.5 Å². The topological polar surface area (TPSA) is 3.24 Å². The van der Waals surface area contributed by atoms with Crippen molar-refractivity contribution < 1.29 is 0 Å². The second-order valence-corrected chi connectivity index (χ2v) is 12.6. The summed E-state index contributed by atoms with van der Waals surface area (Å²) in [4.78, 5) is 2.51. The molecule has 2 aliphatic carbocycles. The summed E-state index contributed by atoms with van der Waals surface area (Å²) < 4.78 is 0. The predicted octanol–water partition coefficient (Wildman–Crippen LogP) is 10.9. The average Bonchev–Trinajstić information content (AvgIpc) is 3.37. The first-order valence-electron chi connectivity index (χ1n) is 14.6. The van der Waals surface area contributed by atoms with Gasteiger partial charge in [0.05, 0.1) is 5.69 Å². The van der Waals surface area contributed by atoms with Crippen LogP contribution >= 0.6 is 0 Å². The summed E-state index contributed by atoms with van der Waals surface area (Å²) in [5, 5.41) is 2.54. The molecular weight excluding hydrogens is 494 g/mol. The number of hydrogen-bond donors (Lipinski definition) is 0. The maximum absolute atomic E-state index is 2.51. The highest BCUT2D eigenvalue weighted by atomic mass is 15.1. The Morgan fingerprint density at radius 2 is 1.02 bits per heavy atom. The van der Waals surface area contributed by atoms with Crippen LogP contribution in [0.25, 0.3) is 33.0 Å². The fourth-order valence-corrected chi connectivity index (χ4v) is 7.53. The zero-order valence-corrected chi connectivity index (χ0v) is 24.1. The normalized spacial score (nSPS) is 15.2. The lowest BCUT2D eigenvalue weighted by molar-refractivity contribution is 0.660. The van der Waals surface area contributed by atoms with Crippen molar-refractivity contribution in [1.29, 1.82) is 0 Å². The Kier molecular flexibility index (Phi) is 4.98. The molecule has 6 aromatic rings. The monoisotopic (exact) mass is 527 g/mol. The van der Waals surface area contributed by atoms with Crippen LogP contribution in [0.5, 0.6) is 0 Å². The van der Waals surface area contributed by atoms with Crippen LogP contribution in [-0.2, 0) is 10.8 Å². The molecule has 8 rings (SSSR count). The zero-order chi connectivity index (χ0) is 27.9. The van der Waals surface area contributed by atoms with Crippen molar-refractivity contribution in [3.63, 3.8) is 0 Å². The Morgan fingerprint density at radius 3 is 1.80 bits per heavy atom. The number of fused-ring (bicyclic) bond motifs is 7. The highest BCUT2D eigenvalue weighted by Crippen LogP contribution is 2.57. The summed E-state index contributed by atoms with van der Waals surface area (Å²) in [5.74, 6) is 0. The van der Waals surface area contributed by atoms with Gasteiger partial charge in [0.1, 0.15) is 0 Å². The van der Waals surface area contributed by atoms with E-state index in [0.717, 1.165) is 0 Å². The first kappa shape index (κ1) is 24.2. The highest BCUT2D eigenvalue weighted by molar-refractivity contribution is 6.09. The molecule has 0 aromatic heterocycles. The van der Waals surface area contributed by atoms with Crippen LogP contribution in [0.4, 0.5) is 17.1 Å². The Hall–Kier alpha value is -4.62. The maximum Gasteiger partial charge on any atom is 0.0621 e. The van der Waals surface area contributed by atoms with E-state index in [1.165, 1.54) is 72.3 Å². The highest BCUT2D eigenvalue weighted by Gasteiger charge is 2.40. The molecule has 0 unspecified atom stereocenters. The average molecular weight is 528 g/mol. The second kappa shape index (κ2) is 8.44. The molecule has 41 heavy (non-hydrogen) atoms. The first-order valence-corrected chi connectivity index (χ1v) is 14.6. The minimum atomic E-state index is -0.0887. The molecule has 1 heteroatoms. The summed E-state index contributed by atoms with van der Waals surface area (Å²) in [5.41, 5.74) is 14.4. The van der Waals surface area contributed by atoms with Gasteiger partial charge in [0.2, 0.25) is 0 Å². The van der Waals surface area contributed by atoms with Gasteiger partial charge >= 0.3 is 0 Å². The summed E-state index contributed by atoms with van der Waals surface area (Å²) in [6.07, 6.45) is 0. The van der Waals surface area contributed by atoms with Gasteiger partial charge in [-0.05, 0) is 74.7 Å². The van der Waals surface area contributed by atoms with Crippen molar-refractivity contribution in [2.24, 2.45) is 0 Å². The second-order valence-electron chi connectivity index (χ2n) is 12.6. The smallest absolute Gasteiger partial charge is 0.0621 e. The standard InChI is InChI=1S/C40H33N/c1-39(2)33-20-12-10-18-30(33)31-23-22-28(25-35(31)39)41(27-15-6-5-7-16-27)38-29-17-9-8-14-26(29)24-36-37(38)32-19-11-13-21-34(32)40(36,3)4/h5-25H,1-4H3. The van der Waals surface area contributed by atoms with Gasteiger partial charge in [-0.2, -0.15) is 0 Å². The molecule has 2 aliphatic rings. The molecule has 0 aliphatic heterocycles. The predicted molar refractivity (Wildman–Crippen MR) is 174 cm³/mol. The van der Waals surface area contributed by atoms with Gasteiger partial charge in [-0.15, -0.1) is 0 Å². The number of hydrogen-bond acceptors (Lipinski definition) is 1. The van der Waals surface area contributed by atoms with Gasteiger partial charge in [0.25, 0.3) is 0 Å². The van der Waals surface area contributed by atoms with E-state index in [2.05, 4.69) is 160 Å². The summed E-state index contributed by atoms with van der Waals surface area (Å²) >= 11 is 0. The van der Waals surface area contributed by atoms with E-state index in [4.69, 9.17) is 0 Å². The van der Waals surface area contributed by atoms with E-state index in [9.17, 15) is 0 Å². The van der Waals surface area contributed by atoms with Crippen LogP contribution < -0.4 is 4.90 Å². The lowest BCUT2D eigenvalue weighted by atomic mass is 9.81. The van der Waals surface area contributed by atoms with E-state index in [0.29, 0.717) is 0 Å². The van der Waals surface area contributed by atoms with Crippen molar-refractivity contribution >= 4 is 27.8 Å². The van der Waals surface area contributed by atoms with E-state index < -0.39 is 0 Å². The van der Waals surface area contributed by atoms with E-state index >= 15 is 0 Å². The van der Waals surface area contributed by atoms with Gasteiger partial charge in [-0.3, -0.25) is 0 Å².